The van der Waals surface area contributed by atoms with Crippen molar-refractivity contribution in [2.75, 3.05) is 24.4 Å². The van der Waals surface area contributed by atoms with E-state index in [0.29, 0.717) is 12.0 Å². The van der Waals surface area contributed by atoms with Crippen LogP contribution < -0.4 is 0 Å². The van der Waals surface area contributed by atoms with Gasteiger partial charge < -0.3 is 0 Å². The van der Waals surface area contributed by atoms with Crippen molar-refractivity contribution in [3.8, 4) is 0 Å². The minimum absolute atomic E-state index is 0.311. The van der Waals surface area contributed by atoms with Crippen LogP contribution in [0.3, 0.4) is 0 Å². The van der Waals surface area contributed by atoms with E-state index in [1.165, 1.54) is 25.7 Å². The number of hydrogen-bond donors (Lipinski definition) is 0. The largest absolute Gasteiger partial charge is 0.269 e. The normalized spacial score (nSPS) is 32.9. The summed E-state index contributed by atoms with van der Waals surface area (Å²) in [6.07, 6.45) is 6.65. The van der Waals surface area contributed by atoms with Gasteiger partial charge in [0.25, 0.3) is 10.1 Å². The summed E-state index contributed by atoms with van der Waals surface area (Å²) in [5.41, 5.74) is 0.576. The van der Waals surface area contributed by atoms with E-state index in [2.05, 4.69) is 13.8 Å². The van der Waals surface area contributed by atoms with Gasteiger partial charge in [-0.1, -0.05) is 13.8 Å². The van der Waals surface area contributed by atoms with Crippen LogP contribution in [-0.2, 0) is 14.3 Å². The Morgan fingerprint density at radius 1 is 1.26 bits per heavy atom. The lowest BCUT2D eigenvalue weighted by molar-refractivity contribution is -0.105. The van der Waals surface area contributed by atoms with E-state index in [0.717, 1.165) is 35.5 Å². The Morgan fingerprint density at radius 2 is 2.00 bits per heavy atom. The molecular formula is C14H26O3S2. The highest BCUT2D eigenvalue weighted by Gasteiger charge is 2.53. The molecule has 3 nitrogen and oxygen atoms in total. The zero-order valence-electron chi connectivity index (χ0n) is 12.2. The van der Waals surface area contributed by atoms with Crippen LogP contribution in [0.4, 0.5) is 0 Å². The van der Waals surface area contributed by atoms with Crippen LogP contribution >= 0.6 is 11.8 Å². The number of fused-ring (bicyclic) bond motifs is 2. The fourth-order valence-corrected chi connectivity index (χ4v) is 5.26. The smallest absolute Gasteiger partial charge is 0.264 e. The average molecular weight is 306 g/mol. The van der Waals surface area contributed by atoms with Crippen molar-refractivity contribution in [1.29, 1.82) is 0 Å². The molecule has 0 saturated heterocycles. The maximum Gasteiger partial charge on any atom is 0.264 e. The van der Waals surface area contributed by atoms with Crippen LogP contribution in [0.5, 0.6) is 0 Å². The standard InChI is InChI=1S/C14H26O3S2/c1-14(2)12-5-4-11(13(14)10-12)6-8-18-9-7-17-19(3,15)16/h11-13H,4-10H2,1-3H3/t11-,12-,13-/m0/s1. The summed E-state index contributed by atoms with van der Waals surface area (Å²) in [5.74, 6) is 4.71. The van der Waals surface area contributed by atoms with Crippen LogP contribution in [0.1, 0.15) is 39.5 Å². The van der Waals surface area contributed by atoms with Crippen molar-refractivity contribution < 1.29 is 12.6 Å². The minimum Gasteiger partial charge on any atom is -0.269 e. The Morgan fingerprint density at radius 3 is 2.58 bits per heavy atom. The third-order valence-electron chi connectivity index (χ3n) is 5.16. The summed E-state index contributed by atoms with van der Waals surface area (Å²) in [7, 11) is -3.26. The van der Waals surface area contributed by atoms with Gasteiger partial charge in [-0.3, -0.25) is 4.18 Å². The molecule has 0 N–H and O–H groups in total. The molecule has 112 valence electrons. The van der Waals surface area contributed by atoms with E-state index in [1.54, 1.807) is 0 Å². The van der Waals surface area contributed by atoms with E-state index >= 15 is 0 Å². The summed E-state index contributed by atoms with van der Waals surface area (Å²) in [6, 6.07) is 0. The molecule has 5 heteroatoms. The molecule has 2 bridgehead atoms. The first-order valence-corrected chi connectivity index (χ1v) is 10.2. The van der Waals surface area contributed by atoms with E-state index < -0.39 is 10.1 Å². The topological polar surface area (TPSA) is 43.4 Å². The molecule has 3 aliphatic carbocycles. The SMILES string of the molecule is CC1(C)[C@H]2CC[C@@H](CCSCCOS(C)(=O)=O)[C@@H]1C2. The molecule has 0 unspecified atom stereocenters. The second-order valence-corrected chi connectivity index (χ2v) is 9.49. The van der Waals surface area contributed by atoms with Gasteiger partial charge in [0.2, 0.25) is 0 Å². The minimum atomic E-state index is -3.26. The Labute approximate surface area is 122 Å². The number of hydrogen-bond acceptors (Lipinski definition) is 4. The number of rotatable bonds is 7. The lowest BCUT2D eigenvalue weighted by atomic mass is 9.45. The maximum absolute atomic E-state index is 10.8. The molecule has 0 aromatic rings. The molecule has 0 aliphatic heterocycles. The monoisotopic (exact) mass is 306 g/mol. The Balaban J connectivity index is 1.59. The van der Waals surface area contributed by atoms with E-state index in [1.807, 2.05) is 11.8 Å². The summed E-state index contributed by atoms with van der Waals surface area (Å²) in [4.78, 5) is 0. The van der Waals surface area contributed by atoms with Crippen LogP contribution in [-0.4, -0.2) is 32.8 Å². The summed E-state index contributed by atoms with van der Waals surface area (Å²) in [5, 5.41) is 0. The molecule has 3 atom stereocenters. The lowest BCUT2D eigenvalue weighted by Crippen LogP contribution is -2.52. The van der Waals surface area contributed by atoms with Gasteiger partial charge in [0.05, 0.1) is 12.9 Å². The molecular weight excluding hydrogens is 280 g/mol. The Kier molecular flexibility index (Phi) is 4.89. The fourth-order valence-electron chi connectivity index (χ4n) is 3.89. The van der Waals surface area contributed by atoms with Crippen molar-refractivity contribution >= 4 is 21.9 Å². The van der Waals surface area contributed by atoms with Crippen molar-refractivity contribution in [2.24, 2.45) is 23.2 Å². The second-order valence-electron chi connectivity index (χ2n) is 6.63. The van der Waals surface area contributed by atoms with Crippen molar-refractivity contribution in [2.45, 2.75) is 39.5 Å². The molecule has 0 spiro atoms. The van der Waals surface area contributed by atoms with Crippen molar-refractivity contribution in [1.82, 2.24) is 0 Å². The molecule has 3 aliphatic rings. The third kappa shape index (κ3) is 3.88. The van der Waals surface area contributed by atoms with Crippen LogP contribution in [0.2, 0.25) is 0 Å². The number of thioether (sulfide) groups is 1. The molecule has 3 saturated carbocycles. The highest BCUT2D eigenvalue weighted by molar-refractivity contribution is 7.99. The van der Waals surface area contributed by atoms with Gasteiger partial charge in [0, 0.05) is 5.75 Å². The maximum atomic E-state index is 10.8. The first-order chi connectivity index (χ1) is 8.81. The summed E-state index contributed by atoms with van der Waals surface area (Å²) >= 11 is 1.82. The zero-order valence-corrected chi connectivity index (χ0v) is 13.9. The fraction of sp³-hybridized carbons (Fsp3) is 1.00. The molecule has 0 aromatic heterocycles. The molecule has 0 radical (unpaired) electrons. The molecule has 0 amide bonds. The molecule has 0 aromatic carbocycles. The summed E-state index contributed by atoms with van der Waals surface area (Å²) in [6.45, 7) is 5.18. The first kappa shape index (κ1) is 15.6. The second kappa shape index (κ2) is 5.94. The molecule has 19 heavy (non-hydrogen) atoms. The molecule has 0 heterocycles. The first-order valence-electron chi connectivity index (χ1n) is 7.23. The highest BCUT2D eigenvalue weighted by Crippen LogP contribution is 2.62. The van der Waals surface area contributed by atoms with E-state index in [9.17, 15) is 8.42 Å². The average Bonchev–Trinajstić information content (AvgIpc) is 2.32. The van der Waals surface area contributed by atoms with Crippen molar-refractivity contribution in [3.05, 3.63) is 0 Å². The molecule has 3 rings (SSSR count). The summed E-state index contributed by atoms with van der Waals surface area (Å²) < 4.78 is 26.3. The van der Waals surface area contributed by atoms with Gasteiger partial charge >= 0.3 is 0 Å². The lowest BCUT2D eigenvalue weighted by Gasteiger charge is -2.60. The van der Waals surface area contributed by atoms with Gasteiger partial charge in [-0.25, -0.2) is 0 Å². The van der Waals surface area contributed by atoms with Gasteiger partial charge in [-0.2, -0.15) is 20.2 Å². The highest BCUT2D eigenvalue weighted by atomic mass is 32.2. The Bertz CT molecular complexity index is 401. The predicted octanol–water partition coefficient (Wildman–Crippen LogP) is 3.16. The van der Waals surface area contributed by atoms with E-state index in [4.69, 9.17) is 4.18 Å². The van der Waals surface area contributed by atoms with Crippen LogP contribution in [0.15, 0.2) is 0 Å². The predicted molar refractivity (Wildman–Crippen MR) is 80.8 cm³/mol. The van der Waals surface area contributed by atoms with Gasteiger partial charge in [-0.05, 0) is 54.6 Å². The Hall–Kier alpha value is 0.260. The van der Waals surface area contributed by atoms with Gasteiger partial charge in [0.1, 0.15) is 0 Å². The van der Waals surface area contributed by atoms with Crippen LogP contribution in [0.25, 0.3) is 0 Å². The van der Waals surface area contributed by atoms with E-state index in [-0.39, 0.29) is 0 Å². The quantitative estimate of drug-likeness (QED) is 0.535. The third-order valence-corrected chi connectivity index (χ3v) is 6.73. The van der Waals surface area contributed by atoms with Gasteiger partial charge in [-0.15, -0.1) is 0 Å². The van der Waals surface area contributed by atoms with Gasteiger partial charge in [0.15, 0.2) is 0 Å². The molecule has 3 fully saturated rings. The van der Waals surface area contributed by atoms with Crippen molar-refractivity contribution in [3.63, 3.8) is 0 Å². The van der Waals surface area contributed by atoms with Crippen LogP contribution in [0, 0.1) is 23.2 Å². The zero-order chi connectivity index (χ0) is 14.1.